The highest BCUT2D eigenvalue weighted by molar-refractivity contribution is 5.95. The second-order valence-electron chi connectivity index (χ2n) is 4.99. The maximum atomic E-state index is 12.3. The van der Waals surface area contributed by atoms with Gasteiger partial charge in [-0.25, -0.2) is 0 Å². The van der Waals surface area contributed by atoms with Gasteiger partial charge in [-0.2, -0.15) is 0 Å². The van der Waals surface area contributed by atoms with Gasteiger partial charge in [-0.1, -0.05) is 36.4 Å². The number of benzene rings is 2. The molecule has 2 aromatic rings. The van der Waals surface area contributed by atoms with Crippen molar-refractivity contribution in [2.75, 3.05) is 20.8 Å². The van der Waals surface area contributed by atoms with Crippen LogP contribution < -0.4 is 10.1 Å². The van der Waals surface area contributed by atoms with Crippen LogP contribution in [0.25, 0.3) is 0 Å². The van der Waals surface area contributed by atoms with Gasteiger partial charge in [-0.3, -0.25) is 4.79 Å². The zero-order valence-electron chi connectivity index (χ0n) is 13.1. The first-order valence-corrected chi connectivity index (χ1v) is 7.17. The van der Waals surface area contributed by atoms with Crippen LogP contribution in [0.2, 0.25) is 0 Å². The van der Waals surface area contributed by atoms with E-state index in [-0.39, 0.29) is 12.0 Å². The van der Waals surface area contributed by atoms with Crippen molar-refractivity contribution >= 4 is 5.91 Å². The summed E-state index contributed by atoms with van der Waals surface area (Å²) < 4.78 is 10.8. The quantitative estimate of drug-likeness (QED) is 0.891. The van der Waals surface area contributed by atoms with Crippen LogP contribution in [0.1, 0.15) is 27.6 Å². The summed E-state index contributed by atoms with van der Waals surface area (Å²) in [5.74, 6) is 0.648. The molecule has 0 aliphatic carbocycles. The summed E-state index contributed by atoms with van der Waals surface area (Å²) in [6, 6.07) is 15.2. The van der Waals surface area contributed by atoms with Gasteiger partial charge in [0.1, 0.15) is 11.9 Å². The van der Waals surface area contributed by atoms with Crippen molar-refractivity contribution in [3.63, 3.8) is 0 Å². The molecule has 1 atom stereocenters. The average Bonchev–Trinajstić information content (AvgIpc) is 2.56. The van der Waals surface area contributed by atoms with Gasteiger partial charge in [0.25, 0.3) is 5.91 Å². The van der Waals surface area contributed by atoms with Gasteiger partial charge in [-0.05, 0) is 24.6 Å². The van der Waals surface area contributed by atoms with Crippen LogP contribution in [0, 0.1) is 6.92 Å². The number of ether oxygens (including phenoxy) is 2. The summed E-state index contributed by atoms with van der Waals surface area (Å²) in [6.45, 7) is 2.30. The monoisotopic (exact) mass is 299 g/mol. The lowest BCUT2D eigenvalue weighted by molar-refractivity contribution is 0.0818. The Morgan fingerprint density at radius 1 is 1.09 bits per heavy atom. The van der Waals surface area contributed by atoms with Crippen molar-refractivity contribution in [3.8, 4) is 5.75 Å². The number of carbonyl (C=O) groups excluding carboxylic acids is 1. The van der Waals surface area contributed by atoms with Crippen molar-refractivity contribution in [3.05, 3.63) is 65.2 Å². The zero-order valence-corrected chi connectivity index (χ0v) is 13.1. The fraction of sp³-hybridized carbons (Fsp3) is 0.278. The largest absolute Gasteiger partial charge is 0.496 e. The first kappa shape index (κ1) is 16.0. The van der Waals surface area contributed by atoms with Crippen molar-refractivity contribution in [2.45, 2.75) is 13.0 Å². The molecule has 1 amide bonds. The molecule has 0 aliphatic rings. The highest BCUT2D eigenvalue weighted by atomic mass is 16.5. The minimum Gasteiger partial charge on any atom is -0.496 e. The predicted octanol–water partition coefficient (Wildman–Crippen LogP) is 3.12. The van der Waals surface area contributed by atoms with E-state index in [1.165, 1.54) is 0 Å². The van der Waals surface area contributed by atoms with Crippen molar-refractivity contribution in [2.24, 2.45) is 0 Å². The molecule has 0 bridgehead atoms. The third kappa shape index (κ3) is 3.65. The number of methoxy groups -OCH3 is 2. The van der Waals surface area contributed by atoms with Crippen LogP contribution in [0.5, 0.6) is 5.75 Å². The van der Waals surface area contributed by atoms with E-state index in [0.717, 1.165) is 16.9 Å². The number of hydrogen-bond donors (Lipinski definition) is 1. The molecule has 4 nitrogen and oxygen atoms in total. The van der Waals surface area contributed by atoms with Crippen molar-refractivity contribution in [1.82, 2.24) is 5.32 Å². The molecule has 22 heavy (non-hydrogen) atoms. The highest BCUT2D eigenvalue weighted by Crippen LogP contribution is 2.26. The van der Waals surface area contributed by atoms with E-state index in [2.05, 4.69) is 5.32 Å². The number of rotatable bonds is 6. The topological polar surface area (TPSA) is 47.6 Å². The van der Waals surface area contributed by atoms with E-state index >= 15 is 0 Å². The molecule has 2 aromatic carbocycles. The van der Waals surface area contributed by atoms with Crippen LogP contribution in [0.15, 0.2) is 48.5 Å². The summed E-state index contributed by atoms with van der Waals surface area (Å²) in [5.41, 5.74) is 2.54. The number of amides is 1. The fourth-order valence-electron chi connectivity index (χ4n) is 2.36. The minimum atomic E-state index is -0.260. The molecule has 2 rings (SSSR count). The van der Waals surface area contributed by atoms with Crippen LogP contribution in [-0.2, 0) is 4.74 Å². The van der Waals surface area contributed by atoms with Gasteiger partial charge in [0, 0.05) is 24.8 Å². The standard InChI is InChI=1S/C18H21NO3/c1-13-8-4-5-9-14(13)18(20)19-12-17(22-3)15-10-6-7-11-16(15)21-2/h4-11,17H,12H2,1-3H3,(H,19,20)/t17-/m0/s1. The van der Waals surface area contributed by atoms with Gasteiger partial charge in [0.2, 0.25) is 0 Å². The summed E-state index contributed by atoms with van der Waals surface area (Å²) in [7, 11) is 3.24. The van der Waals surface area contributed by atoms with E-state index in [9.17, 15) is 4.79 Å². The first-order chi connectivity index (χ1) is 10.7. The summed E-state index contributed by atoms with van der Waals surface area (Å²) in [6.07, 6.45) is -0.260. The maximum Gasteiger partial charge on any atom is 0.251 e. The lowest BCUT2D eigenvalue weighted by Crippen LogP contribution is -2.29. The molecule has 0 saturated carbocycles. The predicted molar refractivity (Wildman–Crippen MR) is 86.3 cm³/mol. The number of para-hydroxylation sites is 1. The third-order valence-corrected chi connectivity index (χ3v) is 3.61. The molecule has 1 N–H and O–H groups in total. The van der Waals surface area contributed by atoms with Gasteiger partial charge in [0.05, 0.1) is 7.11 Å². The molecular formula is C18H21NO3. The van der Waals surface area contributed by atoms with Crippen LogP contribution in [0.4, 0.5) is 0 Å². The number of hydrogen-bond acceptors (Lipinski definition) is 3. The molecule has 0 unspecified atom stereocenters. The molecule has 0 radical (unpaired) electrons. The third-order valence-electron chi connectivity index (χ3n) is 3.61. The second-order valence-corrected chi connectivity index (χ2v) is 4.99. The van der Waals surface area contributed by atoms with Gasteiger partial charge in [0.15, 0.2) is 0 Å². The lowest BCUT2D eigenvalue weighted by Gasteiger charge is -2.19. The SMILES string of the molecule is COc1ccccc1[C@H](CNC(=O)c1ccccc1C)OC. The fourth-order valence-corrected chi connectivity index (χ4v) is 2.36. The van der Waals surface area contributed by atoms with E-state index in [1.54, 1.807) is 14.2 Å². The number of nitrogens with one attached hydrogen (secondary N) is 1. The Morgan fingerprint density at radius 2 is 1.77 bits per heavy atom. The van der Waals surface area contributed by atoms with Gasteiger partial charge >= 0.3 is 0 Å². The molecule has 0 saturated heterocycles. The Balaban J connectivity index is 2.08. The number of aryl methyl sites for hydroxylation is 1. The van der Waals surface area contributed by atoms with Gasteiger partial charge in [-0.15, -0.1) is 0 Å². The van der Waals surface area contributed by atoms with Crippen molar-refractivity contribution < 1.29 is 14.3 Å². The molecule has 0 spiro atoms. The molecule has 0 fully saturated rings. The first-order valence-electron chi connectivity index (χ1n) is 7.17. The minimum absolute atomic E-state index is 0.102. The van der Waals surface area contributed by atoms with E-state index < -0.39 is 0 Å². The molecule has 0 heterocycles. The van der Waals surface area contributed by atoms with Gasteiger partial charge < -0.3 is 14.8 Å². The Bertz CT molecular complexity index is 640. The molecule has 0 aromatic heterocycles. The summed E-state index contributed by atoms with van der Waals surface area (Å²) in [5, 5.41) is 2.92. The molecular weight excluding hydrogens is 278 g/mol. The zero-order chi connectivity index (χ0) is 15.9. The molecule has 4 heteroatoms. The molecule has 0 aliphatic heterocycles. The van der Waals surface area contributed by atoms with Crippen LogP contribution in [0.3, 0.4) is 0 Å². The smallest absolute Gasteiger partial charge is 0.251 e. The van der Waals surface area contributed by atoms with E-state index in [4.69, 9.17) is 9.47 Å². The van der Waals surface area contributed by atoms with Crippen LogP contribution >= 0.6 is 0 Å². The molecule has 116 valence electrons. The Hall–Kier alpha value is -2.33. The average molecular weight is 299 g/mol. The lowest BCUT2D eigenvalue weighted by atomic mass is 10.1. The normalized spacial score (nSPS) is 11.8. The maximum absolute atomic E-state index is 12.3. The Kier molecular flexibility index (Phi) is 5.55. The van der Waals surface area contributed by atoms with E-state index in [0.29, 0.717) is 12.1 Å². The Morgan fingerprint density at radius 3 is 2.45 bits per heavy atom. The van der Waals surface area contributed by atoms with Crippen LogP contribution in [-0.4, -0.2) is 26.7 Å². The summed E-state index contributed by atoms with van der Waals surface area (Å²) >= 11 is 0. The second kappa shape index (κ2) is 7.61. The van der Waals surface area contributed by atoms with Crippen molar-refractivity contribution in [1.29, 1.82) is 0 Å². The summed E-state index contributed by atoms with van der Waals surface area (Å²) in [4.78, 5) is 12.3. The number of carbonyl (C=O) groups is 1. The Labute approximate surface area is 131 Å². The highest BCUT2D eigenvalue weighted by Gasteiger charge is 2.17. The van der Waals surface area contributed by atoms with E-state index in [1.807, 2.05) is 55.5 Å².